The summed E-state index contributed by atoms with van der Waals surface area (Å²) in [5.74, 6) is -0.283. The van der Waals surface area contributed by atoms with Crippen molar-refractivity contribution in [2.75, 3.05) is 0 Å². The van der Waals surface area contributed by atoms with Crippen LogP contribution in [0, 0.1) is 11.3 Å². The Morgan fingerprint density at radius 2 is 1.83 bits per heavy atom. The number of carboxylic acids is 1. The molecule has 1 rings (SSSR count). The fourth-order valence-electron chi connectivity index (χ4n) is 2.79. The van der Waals surface area contributed by atoms with Crippen LogP contribution in [0.4, 0.5) is 0 Å². The number of rotatable bonds is 6. The molecular formula is C14H25NO3. The van der Waals surface area contributed by atoms with E-state index in [1.54, 1.807) is 0 Å². The number of hydrogen-bond donors (Lipinski definition) is 2. The van der Waals surface area contributed by atoms with Gasteiger partial charge in [-0.1, -0.05) is 26.7 Å². The minimum atomic E-state index is -0.850. The molecule has 0 aromatic rings. The molecule has 1 amide bonds. The van der Waals surface area contributed by atoms with E-state index < -0.39 is 11.4 Å². The second-order valence-electron chi connectivity index (χ2n) is 6.31. The molecule has 0 radical (unpaired) electrons. The van der Waals surface area contributed by atoms with E-state index in [0.29, 0.717) is 5.92 Å². The minimum absolute atomic E-state index is 0.0260. The highest BCUT2D eigenvalue weighted by atomic mass is 16.4. The number of aliphatic carboxylic acids is 1. The molecule has 2 N–H and O–H groups in total. The summed E-state index contributed by atoms with van der Waals surface area (Å²) in [4.78, 5) is 22.6. The van der Waals surface area contributed by atoms with Crippen molar-refractivity contribution >= 4 is 11.9 Å². The molecular weight excluding hydrogens is 230 g/mol. The Kier molecular flexibility index (Phi) is 5.17. The van der Waals surface area contributed by atoms with E-state index in [1.165, 1.54) is 25.7 Å². The van der Waals surface area contributed by atoms with Gasteiger partial charge in [-0.25, -0.2) is 0 Å². The van der Waals surface area contributed by atoms with Crippen LogP contribution >= 0.6 is 0 Å². The molecule has 0 heterocycles. The average Bonchev–Trinajstić information content (AvgIpc) is 2.65. The lowest BCUT2D eigenvalue weighted by atomic mass is 9.85. The minimum Gasteiger partial charge on any atom is -0.481 e. The maximum atomic E-state index is 11.9. The number of carbonyl (C=O) groups excluding carboxylic acids is 1. The molecule has 1 aliphatic carbocycles. The molecule has 1 fully saturated rings. The summed E-state index contributed by atoms with van der Waals surface area (Å²) in [6.45, 7) is 5.69. The van der Waals surface area contributed by atoms with E-state index in [9.17, 15) is 9.59 Å². The third-order valence-electron chi connectivity index (χ3n) is 3.76. The second kappa shape index (κ2) is 6.21. The van der Waals surface area contributed by atoms with E-state index in [2.05, 4.69) is 12.2 Å². The zero-order valence-electron chi connectivity index (χ0n) is 11.7. The SMILES string of the molecule is CC(NC(=O)CC(C)(C)CC(=O)O)C1CCCC1. The number of carbonyl (C=O) groups is 2. The van der Waals surface area contributed by atoms with Crippen molar-refractivity contribution < 1.29 is 14.7 Å². The Labute approximate surface area is 109 Å². The molecule has 0 spiro atoms. The molecule has 18 heavy (non-hydrogen) atoms. The van der Waals surface area contributed by atoms with Crippen LogP contribution in [0.2, 0.25) is 0 Å². The van der Waals surface area contributed by atoms with Gasteiger partial charge in [0.05, 0.1) is 6.42 Å². The number of carboxylic acid groups (broad SMARTS) is 1. The molecule has 4 nitrogen and oxygen atoms in total. The van der Waals surface area contributed by atoms with Gasteiger partial charge in [0.1, 0.15) is 0 Å². The monoisotopic (exact) mass is 255 g/mol. The first-order valence-corrected chi connectivity index (χ1v) is 6.81. The highest BCUT2D eigenvalue weighted by Crippen LogP contribution is 2.28. The lowest BCUT2D eigenvalue weighted by Gasteiger charge is -2.25. The molecule has 1 aliphatic rings. The van der Waals surface area contributed by atoms with Crippen LogP contribution in [0.5, 0.6) is 0 Å². The van der Waals surface area contributed by atoms with Gasteiger partial charge in [-0.3, -0.25) is 9.59 Å². The van der Waals surface area contributed by atoms with Gasteiger partial charge in [-0.15, -0.1) is 0 Å². The van der Waals surface area contributed by atoms with Crippen molar-refractivity contribution in [3.05, 3.63) is 0 Å². The summed E-state index contributed by atoms with van der Waals surface area (Å²) >= 11 is 0. The smallest absolute Gasteiger partial charge is 0.303 e. The quantitative estimate of drug-likeness (QED) is 0.766. The molecule has 1 unspecified atom stereocenters. The van der Waals surface area contributed by atoms with Crippen LogP contribution in [0.25, 0.3) is 0 Å². The lowest BCUT2D eigenvalue weighted by Crippen LogP contribution is -2.39. The molecule has 4 heteroatoms. The first-order valence-electron chi connectivity index (χ1n) is 6.81. The van der Waals surface area contributed by atoms with Crippen molar-refractivity contribution in [3.63, 3.8) is 0 Å². The molecule has 1 saturated carbocycles. The second-order valence-corrected chi connectivity index (χ2v) is 6.31. The van der Waals surface area contributed by atoms with E-state index >= 15 is 0 Å². The van der Waals surface area contributed by atoms with E-state index in [0.717, 1.165) is 0 Å². The highest BCUT2D eigenvalue weighted by molar-refractivity contribution is 5.78. The topological polar surface area (TPSA) is 66.4 Å². The van der Waals surface area contributed by atoms with E-state index in [-0.39, 0.29) is 24.8 Å². The lowest BCUT2D eigenvalue weighted by molar-refractivity contribution is -0.139. The van der Waals surface area contributed by atoms with Gasteiger partial charge in [0.2, 0.25) is 5.91 Å². The number of hydrogen-bond acceptors (Lipinski definition) is 2. The standard InChI is InChI=1S/C14H25NO3/c1-10(11-6-4-5-7-11)15-12(16)8-14(2,3)9-13(17)18/h10-11H,4-9H2,1-3H3,(H,15,16)(H,17,18). The van der Waals surface area contributed by atoms with Crippen molar-refractivity contribution in [1.82, 2.24) is 5.32 Å². The summed E-state index contributed by atoms with van der Waals surface area (Å²) in [5, 5.41) is 11.8. The third-order valence-corrected chi connectivity index (χ3v) is 3.76. The predicted octanol–water partition coefficient (Wildman–Crippen LogP) is 2.57. The normalized spacial score (nSPS) is 18.6. The molecule has 0 bridgehead atoms. The van der Waals surface area contributed by atoms with Crippen molar-refractivity contribution in [2.24, 2.45) is 11.3 Å². The molecule has 0 aliphatic heterocycles. The molecule has 1 atom stereocenters. The first kappa shape index (κ1) is 15.0. The predicted molar refractivity (Wildman–Crippen MR) is 70.2 cm³/mol. The summed E-state index contributed by atoms with van der Waals surface area (Å²) in [6, 6.07) is 0.209. The third kappa shape index (κ3) is 5.07. The highest BCUT2D eigenvalue weighted by Gasteiger charge is 2.27. The Morgan fingerprint density at radius 1 is 1.28 bits per heavy atom. The zero-order valence-corrected chi connectivity index (χ0v) is 11.7. The van der Waals surface area contributed by atoms with Gasteiger partial charge in [0.15, 0.2) is 0 Å². The zero-order chi connectivity index (χ0) is 13.8. The Hall–Kier alpha value is -1.06. The van der Waals surface area contributed by atoms with Gasteiger partial charge in [0, 0.05) is 12.5 Å². The van der Waals surface area contributed by atoms with Gasteiger partial charge in [-0.2, -0.15) is 0 Å². The van der Waals surface area contributed by atoms with Crippen molar-refractivity contribution in [1.29, 1.82) is 0 Å². The van der Waals surface area contributed by atoms with Crippen LogP contribution in [-0.2, 0) is 9.59 Å². The number of amides is 1. The Morgan fingerprint density at radius 3 is 2.33 bits per heavy atom. The first-order chi connectivity index (χ1) is 8.30. The van der Waals surface area contributed by atoms with Gasteiger partial charge >= 0.3 is 5.97 Å². The van der Waals surface area contributed by atoms with E-state index in [4.69, 9.17) is 5.11 Å². The fraction of sp³-hybridized carbons (Fsp3) is 0.857. The van der Waals surface area contributed by atoms with Gasteiger partial charge in [-0.05, 0) is 31.1 Å². The van der Waals surface area contributed by atoms with Crippen LogP contribution in [0.3, 0.4) is 0 Å². The van der Waals surface area contributed by atoms with Crippen LogP contribution in [0.15, 0.2) is 0 Å². The summed E-state index contributed by atoms with van der Waals surface area (Å²) in [6.07, 6.45) is 5.21. The van der Waals surface area contributed by atoms with Crippen molar-refractivity contribution in [2.45, 2.75) is 65.3 Å². The molecule has 104 valence electrons. The van der Waals surface area contributed by atoms with Gasteiger partial charge in [0.25, 0.3) is 0 Å². The summed E-state index contributed by atoms with van der Waals surface area (Å²) < 4.78 is 0. The number of nitrogens with one attached hydrogen (secondary N) is 1. The largest absolute Gasteiger partial charge is 0.481 e. The van der Waals surface area contributed by atoms with E-state index in [1.807, 2.05) is 13.8 Å². The van der Waals surface area contributed by atoms with Crippen LogP contribution in [-0.4, -0.2) is 23.0 Å². The van der Waals surface area contributed by atoms with Crippen LogP contribution in [0.1, 0.15) is 59.3 Å². The molecule has 0 saturated heterocycles. The molecule has 0 aromatic carbocycles. The Balaban J connectivity index is 2.38. The Bertz CT molecular complexity index is 306. The summed E-state index contributed by atoms with van der Waals surface area (Å²) in [5.41, 5.74) is -0.481. The van der Waals surface area contributed by atoms with Gasteiger partial charge < -0.3 is 10.4 Å². The average molecular weight is 255 g/mol. The van der Waals surface area contributed by atoms with Crippen LogP contribution < -0.4 is 5.32 Å². The molecule has 0 aromatic heterocycles. The maximum Gasteiger partial charge on any atom is 0.303 e. The summed E-state index contributed by atoms with van der Waals surface area (Å²) in [7, 11) is 0. The fourth-order valence-corrected chi connectivity index (χ4v) is 2.79. The van der Waals surface area contributed by atoms with Crippen molar-refractivity contribution in [3.8, 4) is 0 Å². The maximum absolute atomic E-state index is 11.9.